The second-order valence-electron chi connectivity index (χ2n) is 6.64. The van der Waals surface area contributed by atoms with E-state index in [2.05, 4.69) is 4.98 Å². The Hall–Kier alpha value is -1.78. The van der Waals surface area contributed by atoms with Crippen molar-refractivity contribution in [1.29, 1.82) is 0 Å². The van der Waals surface area contributed by atoms with E-state index < -0.39 is 37.9 Å². The van der Waals surface area contributed by atoms with Gasteiger partial charge in [0.05, 0.1) is 25.7 Å². The van der Waals surface area contributed by atoms with Gasteiger partial charge in [-0.25, -0.2) is 4.57 Å². The summed E-state index contributed by atoms with van der Waals surface area (Å²) in [5.74, 6) is -0.490. The van der Waals surface area contributed by atoms with Crippen LogP contribution < -0.4 is 16.0 Å². The van der Waals surface area contributed by atoms with Gasteiger partial charge in [-0.15, -0.1) is 0 Å². The molecule has 1 aromatic rings. The molecule has 2 unspecified atom stereocenters. The highest BCUT2D eigenvalue weighted by Gasteiger charge is 2.49. The first-order valence-corrected chi connectivity index (χ1v) is 10.6. The topological polar surface area (TPSA) is 143 Å². The average molecular weight is 418 g/mol. The van der Waals surface area contributed by atoms with Gasteiger partial charge in [0, 0.05) is 12.5 Å². The molecule has 3 N–H and O–H groups in total. The van der Waals surface area contributed by atoms with E-state index in [1.807, 2.05) is 0 Å². The van der Waals surface area contributed by atoms with Crippen molar-refractivity contribution in [2.45, 2.75) is 45.1 Å². The molecule has 28 heavy (non-hydrogen) atoms. The number of nitrogens with one attached hydrogen (secondary N) is 1. The second-order valence-corrected chi connectivity index (χ2v) is 8.26. The van der Waals surface area contributed by atoms with Crippen LogP contribution in [0.2, 0.25) is 0 Å². The summed E-state index contributed by atoms with van der Waals surface area (Å²) < 4.78 is 40.8. The summed E-state index contributed by atoms with van der Waals surface area (Å²) >= 11 is 0. The number of esters is 1. The van der Waals surface area contributed by atoms with E-state index in [-0.39, 0.29) is 25.0 Å². The van der Waals surface area contributed by atoms with E-state index in [0.717, 1.165) is 0 Å². The van der Waals surface area contributed by atoms with Crippen molar-refractivity contribution in [1.82, 2.24) is 4.98 Å². The van der Waals surface area contributed by atoms with Gasteiger partial charge >= 0.3 is 19.5 Å². The number of hydrogen-bond donors (Lipinski definition) is 2. The summed E-state index contributed by atoms with van der Waals surface area (Å²) in [7, 11) is -3.77. The molecule has 2 aliphatic heterocycles. The Kier molecular flexibility index (Phi) is 6.51. The molecule has 0 amide bonds. The van der Waals surface area contributed by atoms with Crippen molar-refractivity contribution in [3.05, 3.63) is 22.7 Å². The molecule has 11 nitrogen and oxygen atoms in total. The van der Waals surface area contributed by atoms with Crippen LogP contribution >= 0.6 is 7.82 Å². The zero-order valence-corrected chi connectivity index (χ0v) is 16.6. The fraction of sp³-hybridized carbons (Fsp3) is 0.688. The van der Waals surface area contributed by atoms with Crippen LogP contribution in [-0.4, -0.2) is 43.0 Å². The van der Waals surface area contributed by atoms with Gasteiger partial charge < -0.3 is 15.2 Å². The van der Waals surface area contributed by atoms with Crippen LogP contribution in [0.25, 0.3) is 0 Å². The molecule has 0 spiro atoms. The quantitative estimate of drug-likeness (QED) is 0.371. The molecule has 0 aliphatic carbocycles. The predicted molar refractivity (Wildman–Crippen MR) is 95.0 cm³/mol. The minimum atomic E-state index is -3.77. The summed E-state index contributed by atoms with van der Waals surface area (Å²) in [5, 5.41) is 0. The number of nitrogens with zero attached hydrogens (tertiary/aromatic N) is 1. The molecule has 0 aromatic carbocycles. The highest BCUT2D eigenvalue weighted by atomic mass is 31.2. The normalized spacial score (nSPS) is 30.6. The van der Waals surface area contributed by atoms with Crippen molar-refractivity contribution in [3.8, 4) is 0 Å². The molecule has 1 aromatic heterocycles. The van der Waals surface area contributed by atoms with Crippen LogP contribution in [-0.2, 0) is 32.4 Å². The molecule has 5 atom stereocenters. The lowest BCUT2D eigenvalue weighted by Crippen LogP contribution is -2.54. The molecule has 0 radical (unpaired) electrons. The van der Waals surface area contributed by atoms with Crippen LogP contribution in [0.4, 0.5) is 5.82 Å². The van der Waals surface area contributed by atoms with Crippen molar-refractivity contribution in [3.63, 3.8) is 0 Å². The van der Waals surface area contributed by atoms with Gasteiger partial charge in [0.15, 0.2) is 5.82 Å². The number of carbonyl (C=O) groups is 1. The summed E-state index contributed by atoms with van der Waals surface area (Å²) in [5.41, 5.74) is 5.13. The average Bonchev–Trinajstić information content (AvgIpc) is 3.04. The Morgan fingerprint density at radius 1 is 1.50 bits per heavy atom. The molecular weight excluding hydrogens is 393 g/mol. The molecule has 3 rings (SSSR count). The fourth-order valence-electron chi connectivity index (χ4n) is 2.99. The van der Waals surface area contributed by atoms with Gasteiger partial charge in [0.25, 0.3) is 0 Å². The maximum absolute atomic E-state index is 12.7. The van der Waals surface area contributed by atoms with Gasteiger partial charge in [-0.1, -0.05) is 6.92 Å². The first-order chi connectivity index (χ1) is 13.3. The van der Waals surface area contributed by atoms with Crippen LogP contribution in [0.3, 0.4) is 0 Å². The van der Waals surface area contributed by atoms with Crippen molar-refractivity contribution < 1.29 is 37.0 Å². The number of hydrogen-bond acceptors (Lipinski definition) is 9. The van der Waals surface area contributed by atoms with Gasteiger partial charge in [-0.2, -0.15) is 14.3 Å². The Bertz CT molecular complexity index is 815. The SMILES string of the molecule is CCOC(=O)C(C)CCOP1(=O)OC[C@@H]2O[C@H]([n+]3ccc(N)[nH]c3=O)C[C@H]2O1. The van der Waals surface area contributed by atoms with Gasteiger partial charge in [0.2, 0.25) is 6.23 Å². The van der Waals surface area contributed by atoms with Crippen LogP contribution in [0.1, 0.15) is 32.9 Å². The summed E-state index contributed by atoms with van der Waals surface area (Å²) in [6, 6.07) is 1.54. The third-order valence-electron chi connectivity index (χ3n) is 4.54. The van der Waals surface area contributed by atoms with E-state index >= 15 is 0 Å². The first-order valence-electron chi connectivity index (χ1n) is 9.11. The number of nitrogens with two attached hydrogens (primary N) is 1. The third kappa shape index (κ3) is 4.79. The van der Waals surface area contributed by atoms with Crippen LogP contribution in [0, 0.1) is 5.92 Å². The van der Waals surface area contributed by atoms with Crippen molar-refractivity contribution in [2.24, 2.45) is 5.92 Å². The number of phosphoric acid groups is 1. The molecule has 2 fully saturated rings. The highest BCUT2D eigenvalue weighted by molar-refractivity contribution is 7.48. The lowest BCUT2D eigenvalue weighted by Gasteiger charge is -2.29. The molecule has 0 bridgehead atoms. The predicted octanol–water partition coefficient (Wildman–Crippen LogP) is 0.662. The number of nitrogen functional groups attached to an aromatic ring is 1. The smallest absolute Gasteiger partial charge is 0.466 e. The number of ether oxygens (including phenoxy) is 2. The van der Waals surface area contributed by atoms with Crippen molar-refractivity contribution in [2.75, 3.05) is 25.6 Å². The third-order valence-corrected chi connectivity index (χ3v) is 6.03. The summed E-state index contributed by atoms with van der Waals surface area (Å²) in [4.78, 5) is 26.1. The van der Waals surface area contributed by atoms with Crippen molar-refractivity contribution >= 4 is 19.6 Å². The highest BCUT2D eigenvalue weighted by Crippen LogP contribution is 2.56. The number of H-pyrrole nitrogens is 1. The van der Waals surface area contributed by atoms with Gasteiger partial charge in [-0.3, -0.25) is 18.4 Å². The molecule has 2 aliphatic rings. The minimum absolute atomic E-state index is 0.0132. The Balaban J connectivity index is 1.54. The Labute approximate surface area is 161 Å². The van der Waals surface area contributed by atoms with E-state index in [1.54, 1.807) is 19.9 Å². The fourth-order valence-corrected chi connectivity index (χ4v) is 4.40. The Morgan fingerprint density at radius 3 is 3.00 bits per heavy atom. The first kappa shape index (κ1) is 20.9. The maximum atomic E-state index is 12.7. The summed E-state index contributed by atoms with van der Waals surface area (Å²) in [6.07, 6.45) is 0.523. The minimum Gasteiger partial charge on any atom is -0.466 e. The number of phosphoric ester groups is 1. The zero-order valence-electron chi connectivity index (χ0n) is 15.7. The van der Waals surface area contributed by atoms with Gasteiger partial charge in [-0.05, 0) is 13.3 Å². The molecule has 0 saturated carbocycles. The van der Waals surface area contributed by atoms with E-state index in [1.165, 1.54) is 10.8 Å². The second kappa shape index (κ2) is 8.71. The van der Waals surface area contributed by atoms with Crippen LogP contribution in [0.15, 0.2) is 17.1 Å². The molecule has 2 saturated heterocycles. The summed E-state index contributed by atoms with van der Waals surface area (Å²) in [6.45, 7) is 3.76. The van der Waals surface area contributed by atoms with E-state index in [4.69, 9.17) is 28.8 Å². The number of rotatable bonds is 7. The molecule has 156 valence electrons. The lowest BCUT2D eigenvalue weighted by atomic mass is 10.1. The largest absolute Gasteiger partial charge is 0.499 e. The zero-order chi connectivity index (χ0) is 20.3. The van der Waals surface area contributed by atoms with E-state index in [0.29, 0.717) is 19.4 Å². The number of carbonyl (C=O) groups excluding carboxylic acids is 1. The molecule has 12 heteroatoms. The number of anilines is 1. The molecular formula is C16H25N3O8P+. The Morgan fingerprint density at radius 2 is 2.29 bits per heavy atom. The number of aromatic nitrogens is 2. The van der Waals surface area contributed by atoms with E-state index in [9.17, 15) is 14.2 Å². The number of fused-ring (bicyclic) bond motifs is 1. The van der Waals surface area contributed by atoms with Gasteiger partial charge in [0.1, 0.15) is 18.4 Å². The van der Waals surface area contributed by atoms with Crippen LogP contribution in [0.5, 0.6) is 0 Å². The maximum Gasteiger partial charge on any atom is 0.499 e. The monoisotopic (exact) mass is 418 g/mol. The molecule has 3 heterocycles. The number of aromatic amines is 1. The standard InChI is InChI=1S/C16H24N3O8P/c1-3-23-15(20)10(2)5-7-24-28(22)25-9-12-11(27-28)8-14(26-12)19-6-4-13(17)18-16(19)21/h4,6,10-12,14H,3,5,7-9H2,1-2H3,(H2,17,18,21)/p+1/t10?,11-,12+,14+,28?/m1/s1. The lowest BCUT2D eigenvalue weighted by molar-refractivity contribution is -0.773.